The van der Waals surface area contributed by atoms with Crippen molar-refractivity contribution in [2.75, 3.05) is 20.1 Å². The molecule has 1 aliphatic heterocycles. The molecule has 2 aromatic rings. The largest absolute Gasteiger partial charge is 0.352 e. The number of aliphatic imine (C=N–C) groups is 1. The van der Waals surface area contributed by atoms with Gasteiger partial charge in [-0.25, -0.2) is 9.67 Å². The van der Waals surface area contributed by atoms with Crippen molar-refractivity contribution in [3.63, 3.8) is 0 Å². The summed E-state index contributed by atoms with van der Waals surface area (Å²) in [7, 11) is 2.04. The molecule has 0 unspecified atom stereocenters. The molecule has 1 N–H and O–H groups in total. The van der Waals surface area contributed by atoms with Crippen LogP contribution in [0.2, 0.25) is 0 Å². The van der Waals surface area contributed by atoms with Gasteiger partial charge in [-0.05, 0) is 31.5 Å². The molecule has 0 spiro atoms. The topological polar surface area (TPSA) is 58.3 Å². The summed E-state index contributed by atoms with van der Waals surface area (Å²) in [6.45, 7) is 6.60. The average Bonchev–Trinajstić information content (AvgIpc) is 3.03. The minimum absolute atomic E-state index is 0. The van der Waals surface area contributed by atoms with E-state index in [1.165, 1.54) is 0 Å². The van der Waals surface area contributed by atoms with Gasteiger partial charge in [0, 0.05) is 32.0 Å². The van der Waals surface area contributed by atoms with Crippen LogP contribution in [0, 0.1) is 13.8 Å². The molecule has 0 fully saturated rings. The molecular weight excluding hydrogens is 391 g/mol. The van der Waals surface area contributed by atoms with Crippen molar-refractivity contribution < 1.29 is 0 Å². The van der Waals surface area contributed by atoms with Gasteiger partial charge >= 0.3 is 0 Å². The highest BCUT2D eigenvalue weighted by molar-refractivity contribution is 14.0. The molecule has 0 saturated heterocycles. The van der Waals surface area contributed by atoms with E-state index in [-0.39, 0.29) is 24.0 Å². The molecular formula is C15H21IN6. The maximum absolute atomic E-state index is 4.49. The summed E-state index contributed by atoms with van der Waals surface area (Å²) in [4.78, 5) is 11.0. The third-order valence-corrected chi connectivity index (χ3v) is 3.54. The summed E-state index contributed by atoms with van der Waals surface area (Å²) < 4.78 is 1.86. The second-order valence-corrected chi connectivity index (χ2v) is 5.34. The van der Waals surface area contributed by atoms with E-state index in [1.807, 2.05) is 43.9 Å². The Balaban J connectivity index is 0.00000176. The zero-order valence-electron chi connectivity index (χ0n) is 13.1. The van der Waals surface area contributed by atoms with Crippen LogP contribution >= 0.6 is 24.0 Å². The van der Waals surface area contributed by atoms with Crippen molar-refractivity contribution in [1.29, 1.82) is 0 Å². The first-order valence-corrected chi connectivity index (χ1v) is 7.11. The number of nitrogens with zero attached hydrogens (tertiary/aromatic N) is 5. The van der Waals surface area contributed by atoms with Crippen LogP contribution in [0.1, 0.15) is 17.0 Å². The molecule has 6 nitrogen and oxygen atoms in total. The monoisotopic (exact) mass is 412 g/mol. The molecule has 7 heteroatoms. The van der Waals surface area contributed by atoms with Crippen LogP contribution in [-0.2, 0) is 6.54 Å². The standard InChI is InChI=1S/C15H20N6.HI/c1-11-8-12(2)21(19-11)14-5-4-13(9-17-14)10-18-15-16-6-7-20(15)3;/h4-5,8-9H,6-7,10H2,1-3H3,(H,16,18);1H. The number of guanidine groups is 1. The molecule has 1 aliphatic rings. The third kappa shape index (κ3) is 3.57. The molecule has 0 radical (unpaired) electrons. The van der Waals surface area contributed by atoms with Gasteiger partial charge in [0.1, 0.15) is 0 Å². The Morgan fingerprint density at radius 2 is 2.09 bits per heavy atom. The van der Waals surface area contributed by atoms with Gasteiger partial charge in [-0.1, -0.05) is 6.07 Å². The van der Waals surface area contributed by atoms with Crippen LogP contribution in [0.25, 0.3) is 5.82 Å². The smallest absolute Gasteiger partial charge is 0.194 e. The summed E-state index contributed by atoms with van der Waals surface area (Å²) in [5.74, 6) is 1.80. The molecule has 3 rings (SSSR count). The Morgan fingerprint density at radius 3 is 2.64 bits per heavy atom. The lowest BCUT2D eigenvalue weighted by Crippen LogP contribution is -2.35. The van der Waals surface area contributed by atoms with Crippen molar-refractivity contribution >= 4 is 29.9 Å². The maximum Gasteiger partial charge on any atom is 0.194 e. The quantitative estimate of drug-likeness (QED) is 0.783. The van der Waals surface area contributed by atoms with E-state index >= 15 is 0 Å². The first kappa shape index (κ1) is 16.7. The minimum Gasteiger partial charge on any atom is -0.352 e. The zero-order valence-corrected chi connectivity index (χ0v) is 15.4. The number of halogens is 1. The normalized spacial score (nSPS) is 13.8. The Morgan fingerprint density at radius 1 is 1.27 bits per heavy atom. The minimum atomic E-state index is 0. The van der Waals surface area contributed by atoms with Crippen LogP contribution in [0.4, 0.5) is 0 Å². The van der Waals surface area contributed by atoms with Crippen LogP contribution < -0.4 is 5.32 Å². The predicted octanol–water partition coefficient (Wildman–Crippen LogP) is 1.89. The van der Waals surface area contributed by atoms with Gasteiger partial charge in [0.25, 0.3) is 0 Å². The predicted molar refractivity (Wildman–Crippen MR) is 98.0 cm³/mol. The van der Waals surface area contributed by atoms with Crippen LogP contribution in [-0.4, -0.2) is 45.8 Å². The van der Waals surface area contributed by atoms with E-state index in [0.29, 0.717) is 0 Å². The SMILES string of the molecule is Cc1cc(C)n(-c2ccc(CNC3=NCCN3C)cn2)n1.I. The molecule has 2 aromatic heterocycles. The number of nitrogens with one attached hydrogen (secondary N) is 1. The molecule has 0 aliphatic carbocycles. The van der Waals surface area contributed by atoms with Crippen molar-refractivity contribution in [2.24, 2.45) is 4.99 Å². The number of rotatable bonds is 3. The van der Waals surface area contributed by atoms with Gasteiger partial charge < -0.3 is 10.2 Å². The number of likely N-dealkylation sites (N-methyl/N-ethyl adjacent to an activating group) is 1. The summed E-state index contributed by atoms with van der Waals surface area (Å²) in [6, 6.07) is 6.11. The zero-order chi connectivity index (χ0) is 14.8. The van der Waals surface area contributed by atoms with Gasteiger partial charge in [0.2, 0.25) is 0 Å². The van der Waals surface area contributed by atoms with Gasteiger partial charge in [0.05, 0.1) is 12.2 Å². The fraction of sp³-hybridized carbons (Fsp3) is 0.400. The Hall–Kier alpha value is -1.64. The summed E-state index contributed by atoms with van der Waals surface area (Å²) in [5.41, 5.74) is 3.22. The summed E-state index contributed by atoms with van der Waals surface area (Å²) >= 11 is 0. The van der Waals surface area contributed by atoms with Crippen LogP contribution in [0.15, 0.2) is 29.4 Å². The average molecular weight is 412 g/mol. The van der Waals surface area contributed by atoms with Crippen LogP contribution in [0.3, 0.4) is 0 Å². The molecule has 0 aromatic carbocycles. The highest BCUT2D eigenvalue weighted by Gasteiger charge is 2.11. The van der Waals surface area contributed by atoms with Crippen LogP contribution in [0.5, 0.6) is 0 Å². The van der Waals surface area contributed by atoms with Gasteiger partial charge in [-0.3, -0.25) is 4.99 Å². The molecule has 0 saturated carbocycles. The second-order valence-electron chi connectivity index (χ2n) is 5.34. The van der Waals surface area contributed by atoms with Gasteiger partial charge in [0.15, 0.2) is 11.8 Å². The molecule has 0 bridgehead atoms. The van der Waals surface area contributed by atoms with E-state index in [1.54, 1.807) is 0 Å². The second kappa shape index (κ2) is 7.08. The highest BCUT2D eigenvalue weighted by Crippen LogP contribution is 2.10. The van der Waals surface area contributed by atoms with E-state index in [4.69, 9.17) is 0 Å². The first-order chi connectivity index (χ1) is 10.1. The molecule has 0 atom stereocenters. The number of aryl methyl sites for hydroxylation is 2. The highest BCUT2D eigenvalue weighted by atomic mass is 127. The molecule has 3 heterocycles. The van der Waals surface area contributed by atoms with E-state index < -0.39 is 0 Å². The molecule has 118 valence electrons. The molecule has 0 amide bonds. The Kier molecular flexibility index (Phi) is 5.38. The summed E-state index contributed by atoms with van der Waals surface area (Å²) in [5, 5.41) is 7.78. The summed E-state index contributed by atoms with van der Waals surface area (Å²) in [6.07, 6.45) is 1.88. The van der Waals surface area contributed by atoms with Crippen molar-refractivity contribution in [1.82, 2.24) is 25.0 Å². The fourth-order valence-corrected chi connectivity index (χ4v) is 2.41. The number of hydrogen-bond acceptors (Lipinski definition) is 5. The third-order valence-electron chi connectivity index (χ3n) is 3.54. The Labute approximate surface area is 147 Å². The van der Waals surface area contributed by atoms with Crippen molar-refractivity contribution in [3.8, 4) is 5.82 Å². The lowest BCUT2D eigenvalue weighted by atomic mass is 10.3. The van der Waals surface area contributed by atoms with Gasteiger partial charge in [-0.15, -0.1) is 24.0 Å². The fourth-order valence-electron chi connectivity index (χ4n) is 2.41. The number of pyridine rings is 1. The van der Waals surface area contributed by atoms with Crippen molar-refractivity contribution in [2.45, 2.75) is 20.4 Å². The van der Waals surface area contributed by atoms with E-state index in [9.17, 15) is 0 Å². The van der Waals surface area contributed by atoms with E-state index in [0.717, 1.165) is 48.4 Å². The van der Waals surface area contributed by atoms with E-state index in [2.05, 4.69) is 31.4 Å². The van der Waals surface area contributed by atoms with Crippen molar-refractivity contribution in [3.05, 3.63) is 41.3 Å². The number of hydrogen-bond donors (Lipinski definition) is 1. The molecule has 22 heavy (non-hydrogen) atoms. The lowest BCUT2D eigenvalue weighted by molar-refractivity contribution is 0.534. The first-order valence-electron chi connectivity index (χ1n) is 7.11. The number of aromatic nitrogens is 3. The Bertz CT molecular complexity index is 661. The van der Waals surface area contributed by atoms with Gasteiger partial charge in [-0.2, -0.15) is 5.10 Å². The maximum atomic E-state index is 4.49. The lowest BCUT2D eigenvalue weighted by Gasteiger charge is -2.15.